The molecular weight excluding hydrogens is 408 g/mol. The van der Waals surface area contributed by atoms with E-state index < -0.39 is 27.8 Å². The van der Waals surface area contributed by atoms with E-state index >= 15 is 0 Å². The van der Waals surface area contributed by atoms with Gasteiger partial charge < -0.3 is 19.5 Å². The molecule has 0 spiro atoms. The topological polar surface area (TPSA) is 94.2 Å². The lowest BCUT2D eigenvalue weighted by Gasteiger charge is -2.38. The van der Waals surface area contributed by atoms with Crippen molar-refractivity contribution >= 4 is 16.2 Å². The predicted molar refractivity (Wildman–Crippen MR) is 118 cm³/mol. The summed E-state index contributed by atoms with van der Waals surface area (Å²) in [5.41, 5.74) is -0.777. The third-order valence-corrected chi connectivity index (χ3v) is 6.91. The summed E-state index contributed by atoms with van der Waals surface area (Å²) < 4.78 is 42.8. The number of piperidine rings is 1. The first-order chi connectivity index (χ1) is 13.6. The predicted octanol–water partition coefficient (Wildman–Crippen LogP) is 3.02. The summed E-state index contributed by atoms with van der Waals surface area (Å²) in [6.07, 6.45) is 1.59. The van der Waals surface area contributed by atoms with Gasteiger partial charge in [0.1, 0.15) is 12.7 Å². The summed E-state index contributed by atoms with van der Waals surface area (Å²) in [7, 11) is -3.48. The lowest BCUT2D eigenvalue weighted by atomic mass is 9.90. The smallest absolute Gasteiger partial charge is 0.434 e. The Hall–Kier alpha value is -0.900. The van der Waals surface area contributed by atoms with Crippen molar-refractivity contribution in [3.8, 4) is 0 Å². The van der Waals surface area contributed by atoms with E-state index in [9.17, 15) is 13.2 Å². The van der Waals surface area contributed by atoms with Gasteiger partial charge in [0.25, 0.3) is 0 Å². The molecule has 0 aromatic heterocycles. The number of nitrogens with zero attached hydrogens (tertiary/aromatic N) is 1. The lowest BCUT2D eigenvalue weighted by molar-refractivity contribution is -0.0906. The molecule has 2 atom stereocenters. The van der Waals surface area contributed by atoms with Gasteiger partial charge in [-0.2, -0.15) is 4.31 Å². The Morgan fingerprint density at radius 2 is 1.67 bits per heavy atom. The molecule has 178 valence electrons. The standard InChI is InChI=1S/C21H42N2O6S/c1-16(20(2,3)4)29-18(13-23(21(5,6)7)30(8,25)26)15-28-19(24)27-14-17-9-11-22-12-10-17/h16-18,22H,9-15H2,1-8H3/t16-,18-/m0/s1. The number of ether oxygens (including phenoxy) is 3. The van der Waals surface area contributed by atoms with Crippen LogP contribution in [0.1, 0.15) is 61.3 Å². The molecular formula is C21H42N2O6S. The minimum absolute atomic E-state index is 0.0758. The number of hydrogen-bond acceptors (Lipinski definition) is 7. The van der Waals surface area contributed by atoms with Crippen molar-refractivity contribution in [2.24, 2.45) is 11.3 Å². The van der Waals surface area contributed by atoms with E-state index in [0.717, 1.165) is 25.9 Å². The van der Waals surface area contributed by atoms with E-state index in [0.29, 0.717) is 12.5 Å². The monoisotopic (exact) mass is 450 g/mol. The van der Waals surface area contributed by atoms with Gasteiger partial charge in [0, 0.05) is 12.1 Å². The fourth-order valence-electron chi connectivity index (χ4n) is 3.16. The lowest BCUT2D eigenvalue weighted by Crippen LogP contribution is -2.51. The van der Waals surface area contributed by atoms with Crippen LogP contribution in [0.2, 0.25) is 0 Å². The summed E-state index contributed by atoms with van der Waals surface area (Å²) >= 11 is 0. The van der Waals surface area contributed by atoms with Crippen LogP contribution in [0.15, 0.2) is 0 Å². The summed E-state index contributed by atoms with van der Waals surface area (Å²) in [5, 5.41) is 3.27. The Morgan fingerprint density at radius 1 is 1.10 bits per heavy atom. The molecule has 1 fully saturated rings. The number of rotatable bonds is 9. The highest BCUT2D eigenvalue weighted by Crippen LogP contribution is 2.25. The molecule has 1 heterocycles. The molecule has 0 aromatic rings. The molecule has 0 unspecified atom stereocenters. The average molecular weight is 451 g/mol. The highest BCUT2D eigenvalue weighted by Gasteiger charge is 2.34. The number of carbonyl (C=O) groups excluding carboxylic acids is 1. The van der Waals surface area contributed by atoms with Crippen LogP contribution in [0.3, 0.4) is 0 Å². The van der Waals surface area contributed by atoms with Gasteiger partial charge in [0.15, 0.2) is 0 Å². The third kappa shape index (κ3) is 9.94. The molecule has 30 heavy (non-hydrogen) atoms. The van der Waals surface area contributed by atoms with Crippen molar-refractivity contribution in [3.63, 3.8) is 0 Å². The first kappa shape index (κ1) is 27.1. The van der Waals surface area contributed by atoms with Crippen LogP contribution in [-0.2, 0) is 24.2 Å². The molecule has 1 N–H and O–H groups in total. The molecule has 1 rings (SSSR count). The zero-order valence-corrected chi connectivity index (χ0v) is 20.8. The summed E-state index contributed by atoms with van der Waals surface area (Å²) in [5.74, 6) is 0.341. The highest BCUT2D eigenvalue weighted by molar-refractivity contribution is 7.88. The van der Waals surface area contributed by atoms with Crippen LogP contribution in [0.25, 0.3) is 0 Å². The maximum absolute atomic E-state index is 12.3. The second kappa shape index (κ2) is 11.1. The maximum atomic E-state index is 12.3. The van der Waals surface area contributed by atoms with Crippen LogP contribution in [-0.4, -0.2) is 75.7 Å². The van der Waals surface area contributed by atoms with Crippen molar-refractivity contribution in [3.05, 3.63) is 0 Å². The molecule has 0 aliphatic carbocycles. The van der Waals surface area contributed by atoms with E-state index in [1.807, 2.05) is 48.5 Å². The zero-order valence-electron chi connectivity index (χ0n) is 20.0. The Labute approximate surface area is 183 Å². The van der Waals surface area contributed by atoms with Gasteiger partial charge in [-0.1, -0.05) is 20.8 Å². The number of nitrogens with one attached hydrogen (secondary N) is 1. The molecule has 0 aromatic carbocycles. The Kier molecular flexibility index (Phi) is 10.0. The van der Waals surface area contributed by atoms with E-state index in [4.69, 9.17) is 14.2 Å². The summed E-state index contributed by atoms with van der Waals surface area (Å²) in [4.78, 5) is 12.1. The fraction of sp³-hybridized carbons (Fsp3) is 0.952. The van der Waals surface area contributed by atoms with Crippen LogP contribution in [0.4, 0.5) is 4.79 Å². The van der Waals surface area contributed by atoms with Crippen LogP contribution >= 0.6 is 0 Å². The largest absolute Gasteiger partial charge is 0.508 e. The van der Waals surface area contributed by atoms with Gasteiger partial charge in [-0.05, 0) is 65.0 Å². The molecule has 0 saturated carbocycles. The van der Waals surface area contributed by atoms with Crippen LogP contribution < -0.4 is 5.32 Å². The van der Waals surface area contributed by atoms with Gasteiger partial charge in [-0.15, -0.1) is 0 Å². The third-order valence-electron chi connectivity index (χ3n) is 5.42. The second-order valence-corrected chi connectivity index (χ2v) is 12.2. The Morgan fingerprint density at radius 3 is 2.13 bits per heavy atom. The van der Waals surface area contributed by atoms with Gasteiger partial charge in [-0.25, -0.2) is 13.2 Å². The molecule has 1 aliphatic rings. The fourth-order valence-corrected chi connectivity index (χ4v) is 4.59. The minimum Gasteiger partial charge on any atom is -0.434 e. The Balaban J connectivity index is 2.76. The highest BCUT2D eigenvalue weighted by atomic mass is 32.2. The van der Waals surface area contributed by atoms with Crippen LogP contribution in [0, 0.1) is 11.3 Å². The van der Waals surface area contributed by atoms with Gasteiger partial charge in [0.2, 0.25) is 10.0 Å². The summed E-state index contributed by atoms with van der Waals surface area (Å²) in [6, 6.07) is 0. The molecule has 0 radical (unpaired) electrons. The van der Waals surface area contributed by atoms with Crippen molar-refractivity contribution in [2.45, 2.75) is 79.1 Å². The molecule has 1 aliphatic heterocycles. The number of hydrogen-bond donors (Lipinski definition) is 1. The Bertz CT molecular complexity index is 633. The minimum atomic E-state index is -3.48. The van der Waals surface area contributed by atoms with Crippen molar-refractivity contribution < 1.29 is 27.4 Å². The molecule has 0 amide bonds. The second-order valence-electron chi connectivity index (χ2n) is 10.3. The van der Waals surface area contributed by atoms with Gasteiger partial charge >= 0.3 is 6.16 Å². The van der Waals surface area contributed by atoms with E-state index in [-0.39, 0.29) is 24.7 Å². The van der Waals surface area contributed by atoms with Crippen molar-refractivity contribution in [1.29, 1.82) is 0 Å². The SMILES string of the molecule is C[C@H](O[C@H](COC(=O)OCC1CCNCC1)CN(C(C)(C)C)S(C)(=O)=O)C(C)(C)C. The van der Waals surface area contributed by atoms with Gasteiger partial charge in [0.05, 0.1) is 19.0 Å². The van der Waals surface area contributed by atoms with Gasteiger partial charge in [-0.3, -0.25) is 0 Å². The average Bonchev–Trinajstić information content (AvgIpc) is 2.60. The molecule has 1 saturated heterocycles. The van der Waals surface area contributed by atoms with E-state index in [1.54, 1.807) is 0 Å². The molecule has 9 heteroatoms. The van der Waals surface area contributed by atoms with Crippen LogP contribution in [0.5, 0.6) is 0 Å². The van der Waals surface area contributed by atoms with Crippen molar-refractivity contribution in [1.82, 2.24) is 9.62 Å². The number of carbonyl (C=O) groups is 1. The normalized spacial score (nSPS) is 18.8. The summed E-state index contributed by atoms with van der Waals surface area (Å²) in [6.45, 7) is 15.7. The quantitative estimate of drug-likeness (QED) is 0.540. The van der Waals surface area contributed by atoms with Crippen molar-refractivity contribution in [2.75, 3.05) is 39.1 Å². The first-order valence-corrected chi connectivity index (χ1v) is 12.6. The number of sulfonamides is 1. The molecule has 8 nitrogen and oxygen atoms in total. The zero-order chi connectivity index (χ0) is 23.2. The maximum Gasteiger partial charge on any atom is 0.508 e. The van der Waals surface area contributed by atoms with E-state index in [2.05, 4.69) is 5.32 Å². The first-order valence-electron chi connectivity index (χ1n) is 10.7. The molecule has 0 bridgehead atoms. The van der Waals surface area contributed by atoms with E-state index in [1.165, 1.54) is 10.6 Å².